The van der Waals surface area contributed by atoms with E-state index in [1.807, 2.05) is 6.92 Å². The molecule has 0 radical (unpaired) electrons. The maximum Gasteiger partial charge on any atom is 0.243 e. The van der Waals surface area contributed by atoms with Crippen molar-refractivity contribution in [2.75, 3.05) is 25.1 Å². The fourth-order valence-corrected chi connectivity index (χ4v) is 2.06. The van der Waals surface area contributed by atoms with Gasteiger partial charge in [0.25, 0.3) is 0 Å². The molecule has 2 amide bonds. The number of carbonyl (C=O) groups is 2. The number of hydrogen-bond donors (Lipinski definition) is 1. The number of nitrogens with zero attached hydrogens (tertiary/aromatic N) is 1. The number of carbonyl (C=O) groups excluding carboxylic acids is 2. The zero-order chi connectivity index (χ0) is 11.4. The van der Waals surface area contributed by atoms with Gasteiger partial charge in [0.05, 0.1) is 6.54 Å². The Morgan fingerprint density at radius 2 is 2.20 bits per heavy atom. The Kier molecular flexibility index (Phi) is 4.26. The Morgan fingerprint density at radius 1 is 1.53 bits per heavy atom. The summed E-state index contributed by atoms with van der Waals surface area (Å²) in [6.07, 6.45) is 2.18. The lowest BCUT2D eigenvalue weighted by Crippen LogP contribution is -2.58. The molecule has 1 aliphatic heterocycles. The lowest BCUT2D eigenvalue weighted by atomic mass is 10.1. The fourth-order valence-electron chi connectivity index (χ4n) is 1.61. The number of amides is 2. The molecule has 0 bridgehead atoms. The zero-order valence-electron chi connectivity index (χ0n) is 8.99. The first-order chi connectivity index (χ1) is 7.06. The minimum Gasteiger partial charge on any atom is -0.345 e. The van der Waals surface area contributed by atoms with Crippen molar-refractivity contribution in [3.05, 3.63) is 0 Å². The van der Waals surface area contributed by atoms with Gasteiger partial charge in [-0.1, -0.05) is 6.92 Å². The summed E-state index contributed by atoms with van der Waals surface area (Å²) < 4.78 is 10.9. The van der Waals surface area contributed by atoms with Crippen LogP contribution in [-0.4, -0.2) is 52.1 Å². The largest absolute Gasteiger partial charge is 0.345 e. The second-order valence-electron chi connectivity index (χ2n) is 3.51. The van der Waals surface area contributed by atoms with Crippen LogP contribution in [0.3, 0.4) is 0 Å². The molecule has 0 saturated carbocycles. The number of hydrogen-bond acceptors (Lipinski definition) is 3. The summed E-state index contributed by atoms with van der Waals surface area (Å²) in [4.78, 5) is 24.5. The third kappa shape index (κ3) is 3.02. The smallest absolute Gasteiger partial charge is 0.243 e. The average molecular weight is 232 g/mol. The van der Waals surface area contributed by atoms with Crippen LogP contribution >= 0.6 is 0 Å². The van der Waals surface area contributed by atoms with Gasteiger partial charge in [0.2, 0.25) is 11.8 Å². The van der Waals surface area contributed by atoms with Crippen molar-refractivity contribution in [1.82, 2.24) is 10.2 Å². The van der Waals surface area contributed by atoms with Gasteiger partial charge in [0.1, 0.15) is 6.04 Å². The van der Waals surface area contributed by atoms with Crippen molar-refractivity contribution >= 4 is 22.6 Å². The molecule has 2 atom stereocenters. The van der Waals surface area contributed by atoms with E-state index in [0.717, 1.165) is 0 Å². The first-order valence-electron chi connectivity index (χ1n) is 4.93. The first-order valence-corrected chi connectivity index (χ1v) is 6.66. The maximum atomic E-state index is 11.5. The van der Waals surface area contributed by atoms with Crippen molar-refractivity contribution in [1.29, 1.82) is 0 Å². The standard InChI is InChI=1S/C9H16N2O3S/c1-3-7-9(13)10-6-8(12)11(7)4-5-15(2)14/h7H,3-6H2,1-2H3,(H,10,13). The molecule has 1 rings (SSSR count). The number of rotatable bonds is 4. The van der Waals surface area contributed by atoms with E-state index in [-0.39, 0.29) is 18.4 Å². The molecule has 1 saturated heterocycles. The van der Waals surface area contributed by atoms with Crippen molar-refractivity contribution in [2.24, 2.45) is 0 Å². The molecule has 15 heavy (non-hydrogen) atoms. The molecule has 0 aromatic heterocycles. The second kappa shape index (κ2) is 5.25. The van der Waals surface area contributed by atoms with Gasteiger partial charge in [-0.05, 0) is 6.42 Å². The third-order valence-corrected chi connectivity index (χ3v) is 3.18. The summed E-state index contributed by atoms with van der Waals surface area (Å²) in [7, 11) is -0.936. The lowest BCUT2D eigenvalue weighted by Gasteiger charge is -2.34. The van der Waals surface area contributed by atoms with Crippen LogP contribution in [0, 0.1) is 0 Å². The van der Waals surface area contributed by atoms with Crippen LogP contribution in [-0.2, 0) is 20.4 Å². The molecule has 6 heteroatoms. The highest BCUT2D eigenvalue weighted by Gasteiger charge is 2.32. The lowest BCUT2D eigenvalue weighted by molar-refractivity contribution is -0.145. The van der Waals surface area contributed by atoms with Crippen molar-refractivity contribution in [3.63, 3.8) is 0 Å². The maximum absolute atomic E-state index is 11.5. The highest BCUT2D eigenvalue weighted by molar-refractivity contribution is 7.84. The molecule has 0 spiro atoms. The van der Waals surface area contributed by atoms with E-state index in [1.54, 1.807) is 6.26 Å². The minimum atomic E-state index is -0.936. The molecule has 5 nitrogen and oxygen atoms in total. The highest BCUT2D eigenvalue weighted by atomic mass is 32.2. The summed E-state index contributed by atoms with van der Waals surface area (Å²) in [5, 5.41) is 2.54. The van der Waals surface area contributed by atoms with Crippen LogP contribution in [0.5, 0.6) is 0 Å². The van der Waals surface area contributed by atoms with Gasteiger partial charge in [-0.2, -0.15) is 0 Å². The highest BCUT2D eigenvalue weighted by Crippen LogP contribution is 2.09. The van der Waals surface area contributed by atoms with Crippen LogP contribution in [0.15, 0.2) is 0 Å². The third-order valence-electron chi connectivity index (χ3n) is 2.42. The molecular weight excluding hydrogens is 216 g/mol. The predicted molar refractivity (Wildman–Crippen MR) is 57.7 cm³/mol. The van der Waals surface area contributed by atoms with Crippen LogP contribution in [0.2, 0.25) is 0 Å². The molecule has 0 aliphatic carbocycles. The number of piperazine rings is 1. The summed E-state index contributed by atoms with van der Waals surface area (Å²) >= 11 is 0. The van der Waals surface area contributed by atoms with Crippen LogP contribution in [0.4, 0.5) is 0 Å². The van der Waals surface area contributed by atoms with E-state index < -0.39 is 16.8 Å². The van der Waals surface area contributed by atoms with E-state index in [2.05, 4.69) is 5.32 Å². The Balaban J connectivity index is 2.66. The van der Waals surface area contributed by atoms with Gasteiger partial charge < -0.3 is 10.2 Å². The van der Waals surface area contributed by atoms with E-state index in [0.29, 0.717) is 18.7 Å². The minimum absolute atomic E-state index is 0.0612. The summed E-state index contributed by atoms with van der Waals surface area (Å²) in [5.74, 6) is 0.223. The van der Waals surface area contributed by atoms with E-state index in [4.69, 9.17) is 0 Å². The van der Waals surface area contributed by atoms with Crippen LogP contribution in [0.25, 0.3) is 0 Å². The second-order valence-corrected chi connectivity index (χ2v) is 5.06. The molecule has 2 unspecified atom stereocenters. The average Bonchev–Trinajstić information content (AvgIpc) is 2.19. The van der Waals surface area contributed by atoms with Gasteiger partial charge in [-0.25, -0.2) is 0 Å². The Hall–Kier alpha value is -0.910. The molecule has 86 valence electrons. The molecule has 1 heterocycles. The normalized spacial score (nSPS) is 23.9. The topological polar surface area (TPSA) is 66.5 Å². The Labute approximate surface area is 91.7 Å². The van der Waals surface area contributed by atoms with Crippen molar-refractivity contribution in [2.45, 2.75) is 19.4 Å². The Morgan fingerprint density at radius 3 is 2.73 bits per heavy atom. The van der Waals surface area contributed by atoms with Gasteiger partial charge in [0, 0.05) is 29.4 Å². The summed E-state index contributed by atoms with van der Waals surface area (Å²) in [6, 6.07) is -0.394. The monoisotopic (exact) mass is 232 g/mol. The van der Waals surface area contributed by atoms with Gasteiger partial charge in [-0.3, -0.25) is 13.8 Å². The zero-order valence-corrected chi connectivity index (χ0v) is 9.80. The molecule has 1 aliphatic rings. The van der Waals surface area contributed by atoms with Crippen LogP contribution in [0.1, 0.15) is 13.3 Å². The van der Waals surface area contributed by atoms with E-state index in [1.165, 1.54) is 4.90 Å². The predicted octanol–water partition coefficient (Wildman–Crippen LogP) is -0.898. The van der Waals surface area contributed by atoms with Crippen molar-refractivity contribution < 1.29 is 13.8 Å². The molecule has 0 aromatic rings. The molecule has 0 aromatic carbocycles. The van der Waals surface area contributed by atoms with E-state index in [9.17, 15) is 13.8 Å². The first kappa shape index (κ1) is 12.2. The van der Waals surface area contributed by atoms with E-state index >= 15 is 0 Å². The molecule has 1 N–H and O–H groups in total. The van der Waals surface area contributed by atoms with Gasteiger partial charge in [0.15, 0.2) is 0 Å². The van der Waals surface area contributed by atoms with Gasteiger partial charge >= 0.3 is 0 Å². The fraction of sp³-hybridized carbons (Fsp3) is 0.778. The number of nitrogens with one attached hydrogen (secondary N) is 1. The SMILES string of the molecule is CCC1C(=O)NCC(=O)N1CCS(C)=O. The summed E-state index contributed by atoms with van der Waals surface area (Å²) in [5.41, 5.74) is 0. The Bertz CT molecular complexity index is 293. The van der Waals surface area contributed by atoms with Gasteiger partial charge in [-0.15, -0.1) is 0 Å². The summed E-state index contributed by atoms with van der Waals surface area (Å²) in [6.45, 7) is 2.32. The van der Waals surface area contributed by atoms with Crippen LogP contribution < -0.4 is 5.32 Å². The van der Waals surface area contributed by atoms with Crippen molar-refractivity contribution in [3.8, 4) is 0 Å². The molecular formula is C9H16N2O3S. The quantitative estimate of drug-likeness (QED) is 0.683. The molecule has 1 fully saturated rings.